The molecular weight excluding hydrogens is 414 g/mol. The van der Waals surface area contributed by atoms with Gasteiger partial charge in [-0.05, 0) is 24.3 Å². The summed E-state index contributed by atoms with van der Waals surface area (Å²) in [4.78, 5) is 28.4. The van der Waals surface area contributed by atoms with E-state index in [9.17, 15) is 18.0 Å². The lowest BCUT2D eigenvalue weighted by Gasteiger charge is -2.09. The lowest BCUT2D eigenvalue weighted by molar-refractivity contribution is -0.115. The Kier molecular flexibility index (Phi) is 6.25. The summed E-state index contributed by atoms with van der Waals surface area (Å²) in [6.45, 7) is 0. The van der Waals surface area contributed by atoms with Crippen molar-refractivity contribution in [2.75, 3.05) is 17.1 Å². The van der Waals surface area contributed by atoms with Crippen LogP contribution in [0.2, 0.25) is 0 Å². The fourth-order valence-corrected chi connectivity index (χ4v) is 4.43. The maximum atomic E-state index is 12.3. The van der Waals surface area contributed by atoms with Crippen LogP contribution in [-0.2, 0) is 26.0 Å². The number of anilines is 2. The van der Waals surface area contributed by atoms with Crippen molar-refractivity contribution >= 4 is 44.1 Å². The number of amides is 1. The highest BCUT2D eigenvalue weighted by Gasteiger charge is 2.17. The largest absolute Gasteiger partial charge is 0.465 e. The number of carbonyl (C=O) groups excluding carboxylic acids is 2. The molecule has 0 saturated carbocycles. The van der Waals surface area contributed by atoms with Gasteiger partial charge in [0.15, 0.2) is 5.13 Å². The number of nitrogens with zero attached hydrogens (tertiary/aromatic N) is 1. The van der Waals surface area contributed by atoms with Gasteiger partial charge in [0.25, 0.3) is 10.0 Å². The molecule has 8 nitrogen and oxygen atoms in total. The number of nitrogens with one attached hydrogen (secondary N) is 2. The second kappa shape index (κ2) is 8.84. The Morgan fingerprint density at radius 3 is 2.48 bits per heavy atom. The molecular formula is C19H17N3O5S2. The number of rotatable bonds is 7. The normalized spacial score (nSPS) is 10.9. The number of carbonyl (C=O) groups is 2. The Bertz CT molecular complexity index is 1130. The lowest BCUT2D eigenvalue weighted by Crippen LogP contribution is -2.17. The Labute approximate surface area is 171 Å². The van der Waals surface area contributed by atoms with E-state index in [0.717, 1.165) is 11.3 Å². The third-order valence-corrected chi connectivity index (χ3v) is 6.07. The Morgan fingerprint density at radius 2 is 1.76 bits per heavy atom. The molecule has 150 valence electrons. The van der Waals surface area contributed by atoms with Crippen LogP contribution in [0.25, 0.3) is 0 Å². The second-order valence-electron chi connectivity index (χ2n) is 5.82. The van der Waals surface area contributed by atoms with Gasteiger partial charge in [-0.15, -0.1) is 11.3 Å². The number of para-hydroxylation sites is 1. The maximum Gasteiger partial charge on any atom is 0.339 e. The molecule has 0 spiro atoms. The van der Waals surface area contributed by atoms with E-state index in [1.807, 2.05) is 0 Å². The molecule has 0 atom stereocenters. The summed E-state index contributed by atoms with van der Waals surface area (Å²) >= 11 is 1.08. The fourth-order valence-electron chi connectivity index (χ4n) is 2.45. The van der Waals surface area contributed by atoms with E-state index < -0.39 is 21.9 Å². The van der Waals surface area contributed by atoms with E-state index in [1.54, 1.807) is 47.8 Å². The van der Waals surface area contributed by atoms with Crippen LogP contribution in [0.4, 0.5) is 10.8 Å². The highest BCUT2D eigenvalue weighted by Crippen LogP contribution is 2.21. The van der Waals surface area contributed by atoms with Crippen molar-refractivity contribution in [1.29, 1.82) is 0 Å². The zero-order chi connectivity index (χ0) is 20.9. The van der Waals surface area contributed by atoms with Gasteiger partial charge in [-0.1, -0.05) is 30.3 Å². The minimum absolute atomic E-state index is 0.0843. The summed E-state index contributed by atoms with van der Waals surface area (Å²) in [6, 6.07) is 14.4. The molecule has 1 aromatic heterocycles. The first-order valence-electron chi connectivity index (χ1n) is 8.38. The van der Waals surface area contributed by atoms with Crippen LogP contribution in [-0.4, -0.2) is 32.4 Å². The third-order valence-electron chi connectivity index (χ3n) is 3.78. The van der Waals surface area contributed by atoms with E-state index in [4.69, 9.17) is 4.74 Å². The molecule has 0 aliphatic carbocycles. The molecule has 0 aliphatic rings. The number of benzene rings is 2. The molecule has 0 fully saturated rings. The van der Waals surface area contributed by atoms with Crippen molar-refractivity contribution in [3.05, 3.63) is 71.2 Å². The van der Waals surface area contributed by atoms with Crippen LogP contribution in [0.1, 0.15) is 16.1 Å². The molecule has 0 aliphatic heterocycles. The molecule has 3 rings (SSSR count). The minimum atomic E-state index is -3.75. The Hall–Kier alpha value is -3.24. The topological polar surface area (TPSA) is 114 Å². The first kappa shape index (κ1) is 20.5. The predicted molar refractivity (Wildman–Crippen MR) is 109 cm³/mol. The van der Waals surface area contributed by atoms with Crippen molar-refractivity contribution in [2.24, 2.45) is 0 Å². The van der Waals surface area contributed by atoms with Gasteiger partial charge in [-0.3, -0.25) is 9.52 Å². The standard InChI is InChI=1S/C19H17N3O5S2/c1-27-18(24)15-9-5-6-10-16(15)21-17(23)11-13-12-28-19(20-13)22-29(25,26)14-7-3-2-4-8-14/h2-10,12H,11H2,1H3,(H,20,22)(H,21,23). The SMILES string of the molecule is COC(=O)c1ccccc1NC(=O)Cc1csc(NS(=O)(=O)c2ccccc2)n1. The van der Waals surface area contributed by atoms with Gasteiger partial charge in [-0.2, -0.15) is 0 Å². The highest BCUT2D eigenvalue weighted by atomic mass is 32.2. The molecule has 10 heteroatoms. The molecule has 3 aromatic rings. The Morgan fingerprint density at radius 1 is 1.07 bits per heavy atom. The smallest absolute Gasteiger partial charge is 0.339 e. The maximum absolute atomic E-state index is 12.3. The van der Waals surface area contributed by atoms with Crippen LogP contribution >= 0.6 is 11.3 Å². The van der Waals surface area contributed by atoms with Crippen LogP contribution in [0, 0.1) is 0 Å². The average molecular weight is 431 g/mol. The lowest BCUT2D eigenvalue weighted by atomic mass is 10.1. The number of methoxy groups -OCH3 is 1. The van der Waals surface area contributed by atoms with E-state index in [0.29, 0.717) is 11.4 Å². The number of esters is 1. The minimum Gasteiger partial charge on any atom is -0.465 e. The summed E-state index contributed by atoms with van der Waals surface area (Å²) in [7, 11) is -2.49. The molecule has 0 unspecified atom stereocenters. The summed E-state index contributed by atoms with van der Waals surface area (Å²) in [5.41, 5.74) is 0.955. The molecule has 2 aromatic carbocycles. The average Bonchev–Trinajstić information content (AvgIpc) is 3.14. The zero-order valence-electron chi connectivity index (χ0n) is 15.3. The number of hydrogen-bond donors (Lipinski definition) is 2. The van der Waals surface area contributed by atoms with Gasteiger partial charge in [0.05, 0.1) is 35.4 Å². The van der Waals surface area contributed by atoms with Crippen LogP contribution in [0.3, 0.4) is 0 Å². The van der Waals surface area contributed by atoms with Crippen molar-refractivity contribution in [1.82, 2.24) is 4.98 Å². The fraction of sp³-hybridized carbons (Fsp3) is 0.105. The first-order chi connectivity index (χ1) is 13.9. The number of sulfonamides is 1. The van der Waals surface area contributed by atoms with Crippen molar-refractivity contribution in [3.8, 4) is 0 Å². The highest BCUT2D eigenvalue weighted by molar-refractivity contribution is 7.93. The molecule has 29 heavy (non-hydrogen) atoms. The number of ether oxygens (including phenoxy) is 1. The molecule has 1 amide bonds. The van der Waals surface area contributed by atoms with E-state index >= 15 is 0 Å². The number of thiazole rings is 1. The van der Waals surface area contributed by atoms with Crippen molar-refractivity contribution in [2.45, 2.75) is 11.3 Å². The van der Waals surface area contributed by atoms with Crippen molar-refractivity contribution < 1.29 is 22.7 Å². The predicted octanol–water partition coefficient (Wildman–Crippen LogP) is 2.91. The second-order valence-corrected chi connectivity index (χ2v) is 8.37. The van der Waals surface area contributed by atoms with Gasteiger partial charge in [0.1, 0.15) is 0 Å². The van der Waals surface area contributed by atoms with Gasteiger partial charge < -0.3 is 10.1 Å². The molecule has 0 bridgehead atoms. The molecule has 0 radical (unpaired) electrons. The Balaban J connectivity index is 1.66. The van der Waals surface area contributed by atoms with E-state index in [2.05, 4.69) is 15.0 Å². The van der Waals surface area contributed by atoms with Crippen LogP contribution in [0.15, 0.2) is 64.9 Å². The zero-order valence-corrected chi connectivity index (χ0v) is 16.9. The van der Waals surface area contributed by atoms with Gasteiger partial charge in [-0.25, -0.2) is 18.2 Å². The van der Waals surface area contributed by atoms with Gasteiger partial charge in [0.2, 0.25) is 5.91 Å². The first-order valence-corrected chi connectivity index (χ1v) is 10.7. The monoisotopic (exact) mass is 431 g/mol. The summed E-state index contributed by atoms with van der Waals surface area (Å²) in [6.07, 6.45) is -0.0843. The van der Waals surface area contributed by atoms with E-state index in [1.165, 1.54) is 19.2 Å². The summed E-state index contributed by atoms with van der Waals surface area (Å²) in [5, 5.41) is 4.39. The van der Waals surface area contributed by atoms with E-state index in [-0.39, 0.29) is 22.0 Å². The summed E-state index contributed by atoms with van der Waals surface area (Å²) < 4.78 is 31.8. The quantitative estimate of drug-likeness (QED) is 0.556. The van der Waals surface area contributed by atoms with Crippen LogP contribution < -0.4 is 10.0 Å². The number of aromatic nitrogens is 1. The molecule has 0 saturated heterocycles. The third kappa shape index (κ3) is 5.18. The van der Waals surface area contributed by atoms with Gasteiger partial charge in [0, 0.05) is 5.38 Å². The van der Waals surface area contributed by atoms with Gasteiger partial charge >= 0.3 is 5.97 Å². The summed E-state index contributed by atoms with van der Waals surface area (Å²) in [5.74, 6) is -0.962. The van der Waals surface area contributed by atoms with Crippen molar-refractivity contribution in [3.63, 3.8) is 0 Å². The molecule has 2 N–H and O–H groups in total. The molecule has 1 heterocycles. The number of hydrogen-bond acceptors (Lipinski definition) is 7. The van der Waals surface area contributed by atoms with Crippen LogP contribution in [0.5, 0.6) is 0 Å².